The van der Waals surface area contributed by atoms with Gasteiger partial charge in [0.05, 0.1) is 5.56 Å². The standard InChI is InChI=1S/C16H20N2O2/c1-18(14-8-9-14)11-10-17-16(20)15-7-3-2-5-13(15)6-4-12-19/h2-3,5,7,14,19H,8-12H2,1H3,(H,17,20). The van der Waals surface area contributed by atoms with Gasteiger partial charge in [-0.3, -0.25) is 4.79 Å². The molecule has 1 saturated carbocycles. The molecule has 1 amide bonds. The third-order valence-electron chi connectivity index (χ3n) is 3.39. The Morgan fingerprint density at radius 2 is 2.20 bits per heavy atom. The quantitative estimate of drug-likeness (QED) is 0.782. The number of carbonyl (C=O) groups excluding carboxylic acids is 1. The van der Waals surface area contributed by atoms with Crippen molar-refractivity contribution in [2.24, 2.45) is 0 Å². The molecule has 0 saturated heterocycles. The minimum atomic E-state index is -0.206. The zero-order chi connectivity index (χ0) is 14.4. The largest absolute Gasteiger partial charge is 0.384 e. The Kier molecular flexibility index (Phi) is 5.16. The molecule has 0 atom stereocenters. The molecule has 0 radical (unpaired) electrons. The van der Waals surface area contributed by atoms with Crippen molar-refractivity contribution in [1.82, 2.24) is 10.2 Å². The van der Waals surface area contributed by atoms with Gasteiger partial charge >= 0.3 is 0 Å². The fraction of sp³-hybridized carbons (Fsp3) is 0.438. The first-order valence-corrected chi connectivity index (χ1v) is 6.89. The fourth-order valence-electron chi connectivity index (χ4n) is 2.06. The average Bonchev–Trinajstić information content (AvgIpc) is 3.29. The molecule has 2 N–H and O–H groups in total. The lowest BCUT2D eigenvalue weighted by molar-refractivity contribution is 0.0949. The summed E-state index contributed by atoms with van der Waals surface area (Å²) in [6.45, 7) is 1.29. The number of hydrogen-bond donors (Lipinski definition) is 2. The van der Waals surface area contributed by atoms with Gasteiger partial charge in [0.25, 0.3) is 5.91 Å². The lowest BCUT2D eigenvalue weighted by Crippen LogP contribution is -2.34. The summed E-state index contributed by atoms with van der Waals surface area (Å²) in [7, 11) is 2.09. The Hall–Kier alpha value is -1.83. The Labute approximate surface area is 119 Å². The smallest absolute Gasteiger partial charge is 0.252 e. The van der Waals surface area contributed by atoms with Crippen LogP contribution in [0.2, 0.25) is 0 Å². The number of aliphatic hydroxyl groups is 1. The predicted molar refractivity (Wildman–Crippen MR) is 78.4 cm³/mol. The van der Waals surface area contributed by atoms with Gasteiger partial charge in [-0.05, 0) is 32.0 Å². The molecule has 0 heterocycles. The molecule has 1 aromatic carbocycles. The van der Waals surface area contributed by atoms with Crippen LogP contribution >= 0.6 is 0 Å². The molecule has 1 fully saturated rings. The van der Waals surface area contributed by atoms with E-state index in [1.165, 1.54) is 12.8 Å². The molecule has 1 aromatic rings. The van der Waals surface area contributed by atoms with E-state index in [9.17, 15) is 4.79 Å². The van der Waals surface area contributed by atoms with Gasteiger partial charge in [0.15, 0.2) is 0 Å². The molecule has 0 bridgehead atoms. The summed E-state index contributed by atoms with van der Waals surface area (Å²) in [4.78, 5) is 14.4. The third-order valence-corrected chi connectivity index (χ3v) is 3.39. The Bertz CT molecular complexity index is 527. The number of nitrogens with one attached hydrogen (secondary N) is 1. The van der Waals surface area contributed by atoms with Crippen LogP contribution in [0, 0.1) is 11.8 Å². The number of likely N-dealkylation sites (N-methyl/N-ethyl adjacent to an activating group) is 1. The third kappa shape index (κ3) is 4.09. The van der Waals surface area contributed by atoms with E-state index < -0.39 is 0 Å². The second-order valence-corrected chi connectivity index (χ2v) is 4.97. The lowest BCUT2D eigenvalue weighted by Gasteiger charge is -2.15. The number of aliphatic hydroxyl groups excluding tert-OH is 1. The Morgan fingerprint density at radius 3 is 2.90 bits per heavy atom. The van der Waals surface area contributed by atoms with E-state index >= 15 is 0 Å². The van der Waals surface area contributed by atoms with E-state index in [-0.39, 0.29) is 12.5 Å². The second kappa shape index (κ2) is 7.09. The zero-order valence-electron chi connectivity index (χ0n) is 11.7. The summed E-state index contributed by atoms with van der Waals surface area (Å²) in [6, 6.07) is 7.89. The molecule has 106 valence electrons. The van der Waals surface area contributed by atoms with Gasteiger partial charge in [-0.1, -0.05) is 24.0 Å². The van der Waals surface area contributed by atoms with Crippen LogP contribution < -0.4 is 5.32 Å². The van der Waals surface area contributed by atoms with Crippen molar-refractivity contribution in [3.05, 3.63) is 35.4 Å². The normalized spacial score (nSPS) is 13.8. The SMILES string of the molecule is CN(CCNC(=O)c1ccccc1C#CCO)C1CC1. The zero-order valence-corrected chi connectivity index (χ0v) is 11.7. The Morgan fingerprint density at radius 1 is 1.45 bits per heavy atom. The average molecular weight is 272 g/mol. The molecular weight excluding hydrogens is 252 g/mol. The molecule has 2 rings (SSSR count). The monoisotopic (exact) mass is 272 g/mol. The molecule has 20 heavy (non-hydrogen) atoms. The highest BCUT2D eigenvalue weighted by atomic mass is 16.2. The van der Waals surface area contributed by atoms with Crippen LogP contribution in [0.4, 0.5) is 0 Å². The molecule has 0 spiro atoms. The van der Waals surface area contributed by atoms with Crippen molar-refractivity contribution >= 4 is 5.91 Å². The van der Waals surface area contributed by atoms with Crippen molar-refractivity contribution in [2.45, 2.75) is 18.9 Å². The first-order valence-electron chi connectivity index (χ1n) is 6.89. The maximum atomic E-state index is 12.1. The highest BCUT2D eigenvalue weighted by Gasteiger charge is 2.25. The molecule has 4 nitrogen and oxygen atoms in total. The highest BCUT2D eigenvalue weighted by Crippen LogP contribution is 2.24. The number of carbonyl (C=O) groups is 1. The number of hydrogen-bond acceptors (Lipinski definition) is 3. The van der Waals surface area contributed by atoms with Crippen molar-refractivity contribution < 1.29 is 9.90 Å². The summed E-state index contributed by atoms with van der Waals surface area (Å²) >= 11 is 0. The summed E-state index contributed by atoms with van der Waals surface area (Å²) in [6.07, 6.45) is 2.54. The maximum Gasteiger partial charge on any atom is 0.252 e. The van der Waals surface area contributed by atoms with Crippen molar-refractivity contribution in [1.29, 1.82) is 0 Å². The number of nitrogens with zero attached hydrogens (tertiary/aromatic N) is 1. The molecule has 4 heteroatoms. The van der Waals surface area contributed by atoms with E-state index in [4.69, 9.17) is 5.11 Å². The van der Waals surface area contributed by atoms with E-state index in [1.807, 2.05) is 12.1 Å². The van der Waals surface area contributed by atoms with Crippen LogP contribution in [-0.4, -0.2) is 48.7 Å². The van der Waals surface area contributed by atoms with Crippen molar-refractivity contribution in [3.63, 3.8) is 0 Å². The Balaban J connectivity index is 1.91. The second-order valence-electron chi connectivity index (χ2n) is 4.97. The van der Waals surface area contributed by atoms with E-state index in [0.29, 0.717) is 23.7 Å². The first-order chi connectivity index (χ1) is 9.72. The van der Waals surface area contributed by atoms with Gasteiger partial charge in [-0.15, -0.1) is 0 Å². The number of benzene rings is 1. The van der Waals surface area contributed by atoms with Gasteiger partial charge in [0.2, 0.25) is 0 Å². The fourth-order valence-corrected chi connectivity index (χ4v) is 2.06. The van der Waals surface area contributed by atoms with Crippen LogP contribution in [0.5, 0.6) is 0 Å². The van der Waals surface area contributed by atoms with Crippen molar-refractivity contribution in [3.8, 4) is 11.8 Å². The molecule has 1 aliphatic carbocycles. The van der Waals surface area contributed by atoms with E-state index in [1.54, 1.807) is 12.1 Å². The van der Waals surface area contributed by atoms with Gasteiger partial charge in [-0.2, -0.15) is 0 Å². The van der Waals surface area contributed by atoms with Gasteiger partial charge in [0, 0.05) is 24.7 Å². The first kappa shape index (κ1) is 14.6. The van der Waals surface area contributed by atoms with Crippen LogP contribution in [0.1, 0.15) is 28.8 Å². The van der Waals surface area contributed by atoms with E-state index in [0.717, 1.165) is 6.54 Å². The predicted octanol–water partition coefficient (Wildman–Crippen LogP) is 0.854. The summed E-state index contributed by atoms with van der Waals surface area (Å²) in [5.41, 5.74) is 1.21. The summed E-state index contributed by atoms with van der Waals surface area (Å²) in [5, 5.41) is 11.7. The van der Waals surface area contributed by atoms with Crippen LogP contribution in [0.3, 0.4) is 0 Å². The van der Waals surface area contributed by atoms with Crippen LogP contribution in [0.25, 0.3) is 0 Å². The number of rotatable bonds is 5. The topological polar surface area (TPSA) is 52.6 Å². The molecule has 0 aliphatic heterocycles. The molecular formula is C16H20N2O2. The summed E-state index contributed by atoms with van der Waals surface area (Å²) < 4.78 is 0. The van der Waals surface area contributed by atoms with Gasteiger partial charge < -0.3 is 15.3 Å². The van der Waals surface area contributed by atoms with Crippen LogP contribution in [0.15, 0.2) is 24.3 Å². The molecule has 1 aliphatic rings. The molecule has 0 aromatic heterocycles. The highest BCUT2D eigenvalue weighted by molar-refractivity contribution is 5.96. The summed E-state index contributed by atoms with van der Waals surface area (Å²) in [5.74, 6) is 5.26. The van der Waals surface area contributed by atoms with Crippen molar-refractivity contribution in [2.75, 3.05) is 26.7 Å². The molecule has 0 unspecified atom stereocenters. The minimum Gasteiger partial charge on any atom is -0.384 e. The van der Waals surface area contributed by atoms with E-state index in [2.05, 4.69) is 29.1 Å². The van der Waals surface area contributed by atoms with Gasteiger partial charge in [0.1, 0.15) is 6.61 Å². The lowest BCUT2D eigenvalue weighted by atomic mass is 10.1. The van der Waals surface area contributed by atoms with Crippen LogP contribution in [-0.2, 0) is 0 Å². The van der Waals surface area contributed by atoms with Gasteiger partial charge in [-0.25, -0.2) is 0 Å². The minimum absolute atomic E-state index is 0.114. The number of amides is 1. The maximum absolute atomic E-state index is 12.1.